The van der Waals surface area contributed by atoms with Gasteiger partial charge in [-0.3, -0.25) is 14.5 Å². The predicted octanol–water partition coefficient (Wildman–Crippen LogP) is 0.0453. The van der Waals surface area contributed by atoms with E-state index >= 15 is 0 Å². The average molecular weight is 302 g/mol. The normalized spacial score (nSPS) is 19.7. The minimum Gasteiger partial charge on any atom is -0.480 e. The van der Waals surface area contributed by atoms with Crippen LogP contribution in [0, 0.1) is 0 Å². The van der Waals surface area contributed by atoms with E-state index in [9.17, 15) is 9.59 Å². The Labute approximate surface area is 125 Å². The van der Waals surface area contributed by atoms with Gasteiger partial charge in [-0.25, -0.2) is 0 Å². The van der Waals surface area contributed by atoms with Gasteiger partial charge < -0.3 is 19.5 Å². The first-order chi connectivity index (χ1) is 9.93. The van der Waals surface area contributed by atoms with Crippen LogP contribution in [0.1, 0.15) is 20.3 Å². The first-order valence-electron chi connectivity index (χ1n) is 7.28. The summed E-state index contributed by atoms with van der Waals surface area (Å²) in [4.78, 5) is 26.6. The molecule has 1 unspecified atom stereocenters. The Morgan fingerprint density at radius 3 is 2.76 bits per heavy atom. The summed E-state index contributed by atoms with van der Waals surface area (Å²) in [7, 11) is 1.52. The van der Waals surface area contributed by atoms with Crippen LogP contribution in [-0.2, 0) is 19.1 Å². The van der Waals surface area contributed by atoms with Crippen LogP contribution in [0.2, 0.25) is 0 Å². The molecule has 122 valence electrons. The number of methoxy groups -OCH3 is 1. The van der Waals surface area contributed by atoms with Gasteiger partial charge in [-0.05, 0) is 13.8 Å². The Balaban J connectivity index is 2.52. The summed E-state index contributed by atoms with van der Waals surface area (Å²) in [5.41, 5.74) is 0. The Morgan fingerprint density at radius 2 is 2.19 bits per heavy atom. The number of carboxylic acids is 1. The number of ether oxygens (including phenoxy) is 2. The highest BCUT2D eigenvalue weighted by molar-refractivity contribution is 5.81. The van der Waals surface area contributed by atoms with Crippen LogP contribution in [0.15, 0.2) is 0 Å². The molecule has 0 aromatic carbocycles. The number of hydrogen-bond acceptors (Lipinski definition) is 5. The van der Waals surface area contributed by atoms with Gasteiger partial charge in [0.2, 0.25) is 5.91 Å². The summed E-state index contributed by atoms with van der Waals surface area (Å²) in [5, 5.41) is 8.88. The second kappa shape index (κ2) is 8.96. The number of carbonyl (C=O) groups excluding carboxylic acids is 1. The molecule has 0 radical (unpaired) electrons. The molecule has 1 fully saturated rings. The fourth-order valence-electron chi connectivity index (χ4n) is 2.32. The van der Waals surface area contributed by atoms with Crippen molar-refractivity contribution in [2.45, 2.75) is 32.4 Å². The van der Waals surface area contributed by atoms with Crippen LogP contribution >= 0.6 is 0 Å². The van der Waals surface area contributed by atoms with E-state index in [0.717, 1.165) is 6.54 Å². The van der Waals surface area contributed by atoms with E-state index in [-0.39, 0.29) is 31.5 Å². The fraction of sp³-hybridized carbons (Fsp3) is 0.857. The van der Waals surface area contributed by atoms with Gasteiger partial charge in [0.15, 0.2) is 0 Å². The van der Waals surface area contributed by atoms with Gasteiger partial charge in [-0.1, -0.05) is 0 Å². The first kappa shape index (κ1) is 17.9. The first-order valence-corrected chi connectivity index (χ1v) is 7.28. The predicted molar refractivity (Wildman–Crippen MR) is 77.2 cm³/mol. The van der Waals surface area contributed by atoms with E-state index in [4.69, 9.17) is 14.6 Å². The molecule has 0 saturated carbocycles. The standard InChI is InChI=1S/C14H26N2O5/c1-11(2)15-5-7-21-12(9-15)8-13(17)16(4-6-20-3)10-14(18)19/h11-12H,4-10H2,1-3H3,(H,18,19). The summed E-state index contributed by atoms with van der Waals surface area (Å²) < 4.78 is 10.5. The van der Waals surface area contributed by atoms with Crippen molar-refractivity contribution in [2.75, 3.05) is 46.5 Å². The lowest BCUT2D eigenvalue weighted by molar-refractivity contribution is -0.147. The van der Waals surface area contributed by atoms with E-state index in [2.05, 4.69) is 18.7 Å². The third-order valence-corrected chi connectivity index (χ3v) is 3.55. The third kappa shape index (κ3) is 6.41. The van der Waals surface area contributed by atoms with Crippen LogP contribution in [-0.4, -0.2) is 85.4 Å². The van der Waals surface area contributed by atoms with Crippen molar-refractivity contribution in [2.24, 2.45) is 0 Å². The number of carboxylic acid groups (broad SMARTS) is 1. The number of carbonyl (C=O) groups is 2. The van der Waals surface area contributed by atoms with Gasteiger partial charge >= 0.3 is 5.97 Å². The second-order valence-electron chi connectivity index (χ2n) is 5.49. The molecule has 21 heavy (non-hydrogen) atoms. The zero-order valence-electron chi connectivity index (χ0n) is 13.1. The lowest BCUT2D eigenvalue weighted by atomic mass is 10.1. The molecule has 1 amide bonds. The molecule has 7 heteroatoms. The SMILES string of the molecule is COCCN(CC(=O)O)C(=O)CC1CN(C(C)C)CCO1. The van der Waals surface area contributed by atoms with Crippen molar-refractivity contribution in [1.29, 1.82) is 0 Å². The number of hydrogen-bond donors (Lipinski definition) is 1. The van der Waals surface area contributed by atoms with E-state index < -0.39 is 5.97 Å². The monoisotopic (exact) mass is 302 g/mol. The van der Waals surface area contributed by atoms with E-state index in [0.29, 0.717) is 25.8 Å². The van der Waals surface area contributed by atoms with Crippen molar-refractivity contribution in [1.82, 2.24) is 9.80 Å². The van der Waals surface area contributed by atoms with Gasteiger partial charge in [0.05, 0.1) is 25.7 Å². The van der Waals surface area contributed by atoms with E-state index in [1.807, 2.05) is 0 Å². The molecule has 1 saturated heterocycles. The molecule has 7 nitrogen and oxygen atoms in total. The number of aliphatic carboxylic acids is 1. The van der Waals surface area contributed by atoms with Crippen LogP contribution in [0.3, 0.4) is 0 Å². The number of amides is 1. The molecule has 1 rings (SSSR count). The van der Waals surface area contributed by atoms with E-state index in [1.165, 1.54) is 12.0 Å². The number of nitrogens with zero attached hydrogens (tertiary/aromatic N) is 2. The highest BCUT2D eigenvalue weighted by Gasteiger charge is 2.26. The highest BCUT2D eigenvalue weighted by atomic mass is 16.5. The molecule has 1 aliphatic rings. The molecule has 1 atom stereocenters. The largest absolute Gasteiger partial charge is 0.480 e. The van der Waals surface area contributed by atoms with Crippen molar-refractivity contribution in [3.05, 3.63) is 0 Å². The van der Waals surface area contributed by atoms with Crippen LogP contribution in [0.5, 0.6) is 0 Å². The van der Waals surface area contributed by atoms with Crippen LogP contribution < -0.4 is 0 Å². The number of morpholine rings is 1. The summed E-state index contributed by atoms with van der Waals surface area (Å²) in [6.45, 7) is 6.69. The van der Waals surface area contributed by atoms with Crippen LogP contribution in [0.25, 0.3) is 0 Å². The van der Waals surface area contributed by atoms with Gasteiger partial charge in [-0.15, -0.1) is 0 Å². The van der Waals surface area contributed by atoms with Gasteiger partial charge in [0, 0.05) is 32.8 Å². The van der Waals surface area contributed by atoms with Gasteiger partial charge in [0.25, 0.3) is 0 Å². The average Bonchev–Trinajstić information content (AvgIpc) is 2.43. The molecule has 0 aromatic rings. The minimum atomic E-state index is -1.02. The molecule has 0 spiro atoms. The summed E-state index contributed by atoms with van der Waals surface area (Å²) in [6.07, 6.45) is 0.0349. The maximum atomic E-state index is 12.2. The summed E-state index contributed by atoms with van der Waals surface area (Å²) in [6, 6.07) is 0.412. The lowest BCUT2D eigenvalue weighted by Crippen LogP contribution is -2.48. The summed E-state index contributed by atoms with van der Waals surface area (Å²) in [5.74, 6) is -1.22. The van der Waals surface area contributed by atoms with Crippen molar-refractivity contribution in [3.63, 3.8) is 0 Å². The van der Waals surface area contributed by atoms with Crippen LogP contribution in [0.4, 0.5) is 0 Å². The Kier molecular flexibility index (Phi) is 7.63. The molecule has 1 heterocycles. The van der Waals surface area contributed by atoms with Gasteiger partial charge in [0.1, 0.15) is 6.54 Å². The molecule has 1 N–H and O–H groups in total. The lowest BCUT2D eigenvalue weighted by Gasteiger charge is -2.35. The third-order valence-electron chi connectivity index (χ3n) is 3.55. The molecular formula is C14H26N2O5. The zero-order chi connectivity index (χ0) is 15.8. The number of rotatable bonds is 8. The summed E-state index contributed by atoms with van der Waals surface area (Å²) >= 11 is 0. The minimum absolute atomic E-state index is 0.174. The molecule has 0 aliphatic carbocycles. The molecule has 1 aliphatic heterocycles. The molecular weight excluding hydrogens is 276 g/mol. The van der Waals surface area contributed by atoms with Gasteiger partial charge in [-0.2, -0.15) is 0 Å². The topological polar surface area (TPSA) is 79.3 Å². The molecule has 0 bridgehead atoms. The second-order valence-corrected chi connectivity index (χ2v) is 5.49. The Hall–Kier alpha value is -1.18. The van der Waals surface area contributed by atoms with Crippen molar-refractivity contribution >= 4 is 11.9 Å². The van der Waals surface area contributed by atoms with Crippen molar-refractivity contribution < 1.29 is 24.2 Å². The fourth-order valence-corrected chi connectivity index (χ4v) is 2.32. The van der Waals surface area contributed by atoms with E-state index in [1.54, 1.807) is 0 Å². The Morgan fingerprint density at radius 1 is 1.48 bits per heavy atom. The smallest absolute Gasteiger partial charge is 0.323 e. The highest BCUT2D eigenvalue weighted by Crippen LogP contribution is 2.12. The zero-order valence-corrected chi connectivity index (χ0v) is 13.1. The molecule has 0 aromatic heterocycles. The maximum absolute atomic E-state index is 12.2. The Bertz CT molecular complexity index is 348. The quantitative estimate of drug-likeness (QED) is 0.682. The maximum Gasteiger partial charge on any atom is 0.323 e. The van der Waals surface area contributed by atoms with Crippen molar-refractivity contribution in [3.8, 4) is 0 Å².